The quantitative estimate of drug-likeness (QED) is 0.618. The van der Waals surface area contributed by atoms with E-state index in [9.17, 15) is 13.2 Å². The lowest BCUT2D eigenvalue weighted by Gasteiger charge is -2.13. The number of nitrogens with one attached hydrogen (secondary N) is 1. The fourth-order valence-electron chi connectivity index (χ4n) is 1.46. The summed E-state index contributed by atoms with van der Waals surface area (Å²) in [6.07, 6.45) is 2.43. The Bertz CT molecular complexity index is 606. The Morgan fingerprint density at radius 3 is 2.47 bits per heavy atom. The van der Waals surface area contributed by atoms with Crippen LogP contribution in [0.25, 0.3) is 6.08 Å². The van der Waals surface area contributed by atoms with Gasteiger partial charge in [-0.1, -0.05) is 6.07 Å². The van der Waals surface area contributed by atoms with Crippen molar-refractivity contribution in [3.8, 4) is 0 Å². The number of benzene rings is 1. The van der Waals surface area contributed by atoms with Gasteiger partial charge in [0.25, 0.3) is 10.0 Å². The minimum Gasteiger partial charge on any atom is -0.478 e. The van der Waals surface area contributed by atoms with Gasteiger partial charge in [0.05, 0.1) is 4.90 Å². The maximum Gasteiger partial charge on any atom is 0.328 e. The zero-order valence-corrected chi connectivity index (χ0v) is 11.7. The van der Waals surface area contributed by atoms with Gasteiger partial charge in [-0.15, -0.1) is 4.83 Å². The first kappa shape index (κ1) is 15.4. The molecule has 0 atom stereocenters. The van der Waals surface area contributed by atoms with Crippen LogP contribution in [-0.2, 0) is 14.8 Å². The number of carbonyl (C=O) groups is 1. The number of aryl methyl sites for hydroxylation is 1. The predicted octanol–water partition coefficient (Wildman–Crippen LogP) is 0.848. The van der Waals surface area contributed by atoms with Gasteiger partial charge in [-0.05, 0) is 36.3 Å². The van der Waals surface area contributed by atoms with E-state index in [4.69, 9.17) is 5.11 Å². The molecule has 0 saturated carbocycles. The van der Waals surface area contributed by atoms with Crippen molar-refractivity contribution >= 4 is 22.1 Å². The highest BCUT2D eigenvalue weighted by Gasteiger charge is 2.15. The average molecular weight is 284 g/mol. The van der Waals surface area contributed by atoms with Crippen molar-refractivity contribution < 1.29 is 18.3 Å². The Labute approximate surface area is 112 Å². The van der Waals surface area contributed by atoms with Gasteiger partial charge < -0.3 is 5.11 Å². The van der Waals surface area contributed by atoms with E-state index in [2.05, 4.69) is 4.83 Å². The Balaban J connectivity index is 3.10. The summed E-state index contributed by atoms with van der Waals surface area (Å²) in [5.41, 5.74) is 1.34. The highest BCUT2D eigenvalue weighted by atomic mass is 32.2. The number of aliphatic carboxylic acids is 1. The lowest BCUT2D eigenvalue weighted by molar-refractivity contribution is -0.131. The molecule has 7 heteroatoms. The molecule has 0 aliphatic carbocycles. The van der Waals surface area contributed by atoms with Gasteiger partial charge in [0.15, 0.2) is 0 Å². The molecule has 104 valence electrons. The van der Waals surface area contributed by atoms with Gasteiger partial charge in [0.1, 0.15) is 0 Å². The second-order valence-electron chi connectivity index (χ2n) is 4.18. The standard InChI is InChI=1S/C12H16N2O4S/c1-9-8-11(19(17,18)13-14(2)3)6-4-10(9)5-7-12(15)16/h4-8,13H,1-3H3,(H,15,16)/b7-5+. The molecule has 0 fully saturated rings. The molecule has 1 aromatic rings. The number of rotatable bonds is 5. The molecular formula is C12H16N2O4S. The number of carboxylic acids is 1. The van der Waals surface area contributed by atoms with E-state index >= 15 is 0 Å². The molecule has 1 aromatic carbocycles. The third kappa shape index (κ3) is 4.47. The van der Waals surface area contributed by atoms with Crippen LogP contribution in [0.15, 0.2) is 29.2 Å². The summed E-state index contributed by atoms with van der Waals surface area (Å²) < 4.78 is 23.8. The minimum atomic E-state index is -3.59. The normalized spacial score (nSPS) is 12.2. The third-order valence-electron chi connectivity index (χ3n) is 2.26. The van der Waals surface area contributed by atoms with Crippen LogP contribution in [0.3, 0.4) is 0 Å². The summed E-state index contributed by atoms with van der Waals surface area (Å²) in [4.78, 5) is 12.9. The molecule has 2 N–H and O–H groups in total. The molecule has 0 spiro atoms. The largest absolute Gasteiger partial charge is 0.478 e. The predicted molar refractivity (Wildman–Crippen MR) is 71.9 cm³/mol. The summed E-state index contributed by atoms with van der Waals surface area (Å²) in [5.74, 6) is -1.05. The molecule has 0 amide bonds. The summed E-state index contributed by atoms with van der Waals surface area (Å²) in [5, 5.41) is 9.89. The van der Waals surface area contributed by atoms with E-state index in [1.54, 1.807) is 27.1 Å². The van der Waals surface area contributed by atoms with Crippen LogP contribution in [-0.4, -0.2) is 38.6 Å². The molecule has 19 heavy (non-hydrogen) atoms. The third-order valence-corrected chi connectivity index (χ3v) is 3.74. The monoisotopic (exact) mass is 284 g/mol. The summed E-state index contributed by atoms with van der Waals surface area (Å²) >= 11 is 0. The van der Waals surface area contributed by atoms with E-state index in [1.807, 2.05) is 0 Å². The molecule has 0 heterocycles. The molecule has 0 aliphatic heterocycles. The molecule has 0 aliphatic rings. The van der Waals surface area contributed by atoms with Crippen molar-refractivity contribution in [2.75, 3.05) is 14.1 Å². The van der Waals surface area contributed by atoms with Gasteiger partial charge >= 0.3 is 5.97 Å². The number of nitrogens with zero attached hydrogens (tertiary/aromatic N) is 1. The first-order valence-electron chi connectivity index (χ1n) is 5.44. The van der Waals surface area contributed by atoms with Gasteiger partial charge in [-0.2, -0.15) is 0 Å². The molecular weight excluding hydrogens is 268 g/mol. The zero-order chi connectivity index (χ0) is 14.6. The highest BCUT2D eigenvalue weighted by molar-refractivity contribution is 7.89. The Morgan fingerprint density at radius 1 is 1.37 bits per heavy atom. The van der Waals surface area contributed by atoms with E-state index in [0.29, 0.717) is 11.1 Å². The van der Waals surface area contributed by atoms with E-state index in [1.165, 1.54) is 23.2 Å². The molecule has 0 unspecified atom stereocenters. The zero-order valence-electron chi connectivity index (χ0n) is 10.9. The number of carboxylic acid groups (broad SMARTS) is 1. The number of hydrogen-bond donors (Lipinski definition) is 2. The number of hydrogen-bond acceptors (Lipinski definition) is 4. The van der Waals surface area contributed by atoms with Crippen molar-refractivity contribution in [2.45, 2.75) is 11.8 Å². The van der Waals surface area contributed by atoms with Crippen molar-refractivity contribution in [1.29, 1.82) is 0 Å². The lowest BCUT2D eigenvalue weighted by Crippen LogP contribution is -2.36. The second kappa shape index (κ2) is 5.96. The molecule has 0 aromatic heterocycles. The van der Waals surface area contributed by atoms with Crippen molar-refractivity contribution in [1.82, 2.24) is 9.84 Å². The summed E-state index contributed by atoms with van der Waals surface area (Å²) in [6.45, 7) is 1.72. The molecule has 6 nitrogen and oxygen atoms in total. The maximum absolute atomic E-state index is 11.9. The van der Waals surface area contributed by atoms with Gasteiger partial charge in [-0.25, -0.2) is 18.2 Å². The van der Waals surface area contributed by atoms with Gasteiger partial charge in [-0.3, -0.25) is 0 Å². The van der Waals surface area contributed by atoms with Crippen molar-refractivity contribution in [3.63, 3.8) is 0 Å². The highest BCUT2D eigenvalue weighted by Crippen LogP contribution is 2.16. The first-order chi connectivity index (χ1) is 8.72. The van der Waals surface area contributed by atoms with Crippen LogP contribution in [0.2, 0.25) is 0 Å². The maximum atomic E-state index is 11.9. The van der Waals surface area contributed by atoms with Crippen LogP contribution < -0.4 is 4.83 Å². The second-order valence-corrected chi connectivity index (χ2v) is 5.84. The number of hydrazine groups is 1. The van der Waals surface area contributed by atoms with E-state index in [-0.39, 0.29) is 4.90 Å². The Morgan fingerprint density at radius 2 is 2.00 bits per heavy atom. The van der Waals surface area contributed by atoms with Crippen LogP contribution in [0.5, 0.6) is 0 Å². The molecule has 1 rings (SSSR count). The molecule has 0 radical (unpaired) electrons. The van der Waals surface area contributed by atoms with Crippen LogP contribution >= 0.6 is 0 Å². The average Bonchev–Trinajstić information content (AvgIpc) is 2.25. The topological polar surface area (TPSA) is 86.7 Å². The minimum absolute atomic E-state index is 0.131. The SMILES string of the molecule is Cc1cc(S(=O)(=O)NN(C)C)ccc1/C=C/C(=O)O. The first-order valence-corrected chi connectivity index (χ1v) is 6.92. The van der Waals surface area contributed by atoms with Crippen LogP contribution in [0.1, 0.15) is 11.1 Å². The van der Waals surface area contributed by atoms with Crippen LogP contribution in [0, 0.1) is 6.92 Å². The number of sulfonamides is 1. The van der Waals surface area contributed by atoms with Crippen LogP contribution in [0.4, 0.5) is 0 Å². The van der Waals surface area contributed by atoms with Gasteiger partial charge in [0, 0.05) is 20.2 Å². The molecule has 0 saturated heterocycles. The van der Waals surface area contributed by atoms with Crippen molar-refractivity contribution in [2.24, 2.45) is 0 Å². The Hall–Kier alpha value is -1.70. The Kier molecular flexibility index (Phi) is 4.82. The van der Waals surface area contributed by atoms with E-state index < -0.39 is 16.0 Å². The summed E-state index contributed by atoms with van der Waals surface area (Å²) in [7, 11) is -0.439. The smallest absolute Gasteiger partial charge is 0.328 e. The fourth-order valence-corrected chi connectivity index (χ4v) is 2.62. The lowest BCUT2D eigenvalue weighted by atomic mass is 10.1. The van der Waals surface area contributed by atoms with Gasteiger partial charge in [0.2, 0.25) is 0 Å². The van der Waals surface area contributed by atoms with E-state index in [0.717, 1.165) is 6.08 Å². The molecule has 0 bridgehead atoms. The fraction of sp³-hybridized carbons (Fsp3) is 0.250. The summed E-state index contributed by atoms with van der Waals surface area (Å²) in [6, 6.07) is 4.49. The van der Waals surface area contributed by atoms with Crippen molar-refractivity contribution in [3.05, 3.63) is 35.4 Å².